The van der Waals surface area contributed by atoms with E-state index in [9.17, 15) is 14.0 Å². The van der Waals surface area contributed by atoms with Gasteiger partial charge in [0.15, 0.2) is 0 Å². The number of benzene rings is 1. The van der Waals surface area contributed by atoms with Crippen molar-refractivity contribution >= 4 is 35.2 Å². The molecule has 0 saturated carbocycles. The zero-order valence-corrected chi connectivity index (χ0v) is 14.1. The molecule has 1 aliphatic rings. The van der Waals surface area contributed by atoms with E-state index in [0.29, 0.717) is 13.1 Å². The van der Waals surface area contributed by atoms with E-state index in [0.717, 1.165) is 18.9 Å². The first kappa shape index (κ1) is 17.8. The summed E-state index contributed by atoms with van der Waals surface area (Å²) in [6, 6.07) is 2.04. The SMILES string of the molecule is CCOC(=O)NC1CCCN(C(=O)c2cc(F)c(Cl)cc2Cl)C1. The molecule has 1 aliphatic heterocycles. The lowest BCUT2D eigenvalue weighted by molar-refractivity contribution is 0.0686. The zero-order valence-electron chi connectivity index (χ0n) is 12.6. The third-order valence-electron chi connectivity index (χ3n) is 3.55. The van der Waals surface area contributed by atoms with Crippen molar-refractivity contribution < 1.29 is 18.7 Å². The third-order valence-corrected chi connectivity index (χ3v) is 4.15. The molecule has 0 spiro atoms. The van der Waals surface area contributed by atoms with E-state index in [1.165, 1.54) is 11.0 Å². The highest BCUT2D eigenvalue weighted by Gasteiger charge is 2.27. The lowest BCUT2D eigenvalue weighted by Crippen LogP contribution is -2.49. The Morgan fingerprint density at radius 3 is 2.83 bits per heavy atom. The van der Waals surface area contributed by atoms with Crippen LogP contribution in [0.1, 0.15) is 30.1 Å². The van der Waals surface area contributed by atoms with Gasteiger partial charge in [-0.25, -0.2) is 9.18 Å². The number of alkyl carbamates (subject to hydrolysis) is 1. The van der Waals surface area contributed by atoms with Gasteiger partial charge in [0, 0.05) is 19.1 Å². The first-order chi connectivity index (χ1) is 10.9. The minimum atomic E-state index is -0.697. The minimum Gasteiger partial charge on any atom is -0.450 e. The zero-order chi connectivity index (χ0) is 17.0. The molecule has 2 amide bonds. The van der Waals surface area contributed by atoms with Gasteiger partial charge in [0.05, 0.1) is 22.2 Å². The fourth-order valence-corrected chi connectivity index (χ4v) is 2.94. The molecular weight excluding hydrogens is 346 g/mol. The van der Waals surface area contributed by atoms with E-state index in [2.05, 4.69) is 5.32 Å². The summed E-state index contributed by atoms with van der Waals surface area (Å²) in [7, 11) is 0. The Balaban J connectivity index is 2.07. The van der Waals surface area contributed by atoms with Crippen molar-refractivity contribution in [1.29, 1.82) is 0 Å². The first-order valence-corrected chi connectivity index (χ1v) is 8.05. The number of nitrogens with zero attached hydrogens (tertiary/aromatic N) is 1. The number of carbonyl (C=O) groups is 2. The van der Waals surface area contributed by atoms with Crippen LogP contribution in [-0.4, -0.2) is 42.6 Å². The Hall–Kier alpha value is -1.53. The fraction of sp³-hybridized carbons (Fsp3) is 0.467. The maximum Gasteiger partial charge on any atom is 0.407 e. The molecule has 8 heteroatoms. The molecule has 0 aromatic heterocycles. The Kier molecular flexibility index (Phi) is 6.07. The summed E-state index contributed by atoms with van der Waals surface area (Å²) < 4.78 is 18.4. The normalized spacial score (nSPS) is 17.7. The summed E-state index contributed by atoms with van der Waals surface area (Å²) in [5, 5.41) is 2.67. The van der Waals surface area contributed by atoms with Gasteiger partial charge in [0.1, 0.15) is 5.82 Å². The van der Waals surface area contributed by atoms with Crippen molar-refractivity contribution in [1.82, 2.24) is 10.2 Å². The van der Waals surface area contributed by atoms with Crippen molar-refractivity contribution in [2.45, 2.75) is 25.8 Å². The molecule has 0 bridgehead atoms. The molecule has 1 aromatic rings. The third kappa shape index (κ3) is 4.48. The number of hydrogen-bond donors (Lipinski definition) is 1. The molecule has 1 heterocycles. The molecular formula is C15H17Cl2FN2O3. The van der Waals surface area contributed by atoms with E-state index in [-0.39, 0.29) is 34.2 Å². The van der Waals surface area contributed by atoms with E-state index in [4.69, 9.17) is 27.9 Å². The largest absolute Gasteiger partial charge is 0.450 e. The molecule has 1 fully saturated rings. The number of piperidine rings is 1. The van der Waals surface area contributed by atoms with Crippen LogP contribution in [0, 0.1) is 5.82 Å². The molecule has 0 aliphatic carbocycles. The number of ether oxygens (including phenoxy) is 1. The molecule has 5 nitrogen and oxygen atoms in total. The summed E-state index contributed by atoms with van der Waals surface area (Å²) in [5.41, 5.74) is 0.0605. The molecule has 0 radical (unpaired) electrons. The van der Waals surface area contributed by atoms with Crippen molar-refractivity contribution in [3.8, 4) is 0 Å². The number of likely N-dealkylation sites (tertiary alicyclic amines) is 1. The van der Waals surface area contributed by atoms with Crippen molar-refractivity contribution in [3.05, 3.63) is 33.6 Å². The number of halogens is 3. The monoisotopic (exact) mass is 362 g/mol. The molecule has 1 unspecified atom stereocenters. The van der Waals surface area contributed by atoms with Crippen LogP contribution in [0.4, 0.5) is 9.18 Å². The Morgan fingerprint density at radius 1 is 1.39 bits per heavy atom. The Morgan fingerprint density at radius 2 is 2.13 bits per heavy atom. The topological polar surface area (TPSA) is 58.6 Å². The summed E-state index contributed by atoms with van der Waals surface area (Å²) in [5.74, 6) is -1.08. The second-order valence-electron chi connectivity index (χ2n) is 5.20. The predicted octanol–water partition coefficient (Wildman–Crippen LogP) is 3.48. The maximum absolute atomic E-state index is 13.6. The number of rotatable bonds is 3. The van der Waals surface area contributed by atoms with Gasteiger partial charge in [-0.15, -0.1) is 0 Å². The van der Waals surface area contributed by atoms with Gasteiger partial charge in [0.2, 0.25) is 0 Å². The Labute approximate surface area is 143 Å². The van der Waals surface area contributed by atoms with Gasteiger partial charge in [-0.05, 0) is 31.9 Å². The standard InChI is InChI=1S/C15H17Cl2FN2O3/c1-2-23-15(22)19-9-4-3-5-20(8-9)14(21)10-6-13(18)12(17)7-11(10)16/h6-7,9H,2-5,8H2,1H3,(H,19,22). The number of amides is 2. The molecule has 23 heavy (non-hydrogen) atoms. The minimum absolute atomic E-state index is 0.0605. The molecule has 126 valence electrons. The fourth-order valence-electron chi connectivity index (χ4n) is 2.48. The van der Waals surface area contributed by atoms with Crippen molar-refractivity contribution in [2.75, 3.05) is 19.7 Å². The number of carbonyl (C=O) groups excluding carboxylic acids is 2. The van der Waals surface area contributed by atoms with Crippen molar-refractivity contribution in [3.63, 3.8) is 0 Å². The van der Waals surface area contributed by atoms with Gasteiger partial charge in [0.25, 0.3) is 5.91 Å². The molecule has 2 rings (SSSR count). The molecule has 1 aromatic carbocycles. The second kappa shape index (κ2) is 7.84. The highest BCUT2D eigenvalue weighted by molar-refractivity contribution is 6.36. The van der Waals surface area contributed by atoms with Crippen LogP contribution in [0.2, 0.25) is 10.0 Å². The maximum atomic E-state index is 13.6. The van der Waals surface area contributed by atoms with Gasteiger partial charge >= 0.3 is 6.09 Å². The highest BCUT2D eigenvalue weighted by atomic mass is 35.5. The number of hydrogen-bond acceptors (Lipinski definition) is 3. The quantitative estimate of drug-likeness (QED) is 0.837. The molecule has 1 saturated heterocycles. The molecule has 1 atom stereocenters. The van der Waals surface area contributed by atoms with Crippen LogP contribution in [0.5, 0.6) is 0 Å². The molecule has 1 N–H and O–H groups in total. The average molecular weight is 363 g/mol. The average Bonchev–Trinajstić information content (AvgIpc) is 2.50. The summed E-state index contributed by atoms with van der Waals surface area (Å²) in [6.07, 6.45) is 0.948. The lowest BCUT2D eigenvalue weighted by Gasteiger charge is -2.33. The van der Waals surface area contributed by atoms with Gasteiger partial charge in [-0.1, -0.05) is 23.2 Å². The van der Waals surface area contributed by atoms with Gasteiger partial charge in [-0.2, -0.15) is 0 Å². The smallest absolute Gasteiger partial charge is 0.407 e. The van der Waals surface area contributed by atoms with Crippen LogP contribution in [0.15, 0.2) is 12.1 Å². The van der Waals surface area contributed by atoms with Gasteiger partial charge in [-0.3, -0.25) is 4.79 Å². The highest BCUT2D eigenvalue weighted by Crippen LogP contribution is 2.26. The summed E-state index contributed by atoms with van der Waals surface area (Å²) >= 11 is 11.6. The van der Waals surface area contributed by atoms with Crippen LogP contribution in [0.3, 0.4) is 0 Å². The van der Waals surface area contributed by atoms with Crippen LogP contribution in [-0.2, 0) is 4.74 Å². The second-order valence-corrected chi connectivity index (χ2v) is 6.02. The van der Waals surface area contributed by atoms with Gasteiger partial charge < -0.3 is 15.0 Å². The summed E-state index contributed by atoms with van der Waals surface area (Å²) in [4.78, 5) is 25.5. The van der Waals surface area contributed by atoms with E-state index in [1.807, 2.05) is 0 Å². The van der Waals surface area contributed by atoms with E-state index < -0.39 is 11.9 Å². The Bertz CT molecular complexity index is 613. The van der Waals surface area contributed by atoms with Crippen LogP contribution in [0.25, 0.3) is 0 Å². The summed E-state index contributed by atoms with van der Waals surface area (Å²) in [6.45, 7) is 2.83. The lowest BCUT2D eigenvalue weighted by atomic mass is 10.0. The van der Waals surface area contributed by atoms with E-state index >= 15 is 0 Å². The number of nitrogens with one attached hydrogen (secondary N) is 1. The van der Waals surface area contributed by atoms with Crippen LogP contribution < -0.4 is 5.32 Å². The van der Waals surface area contributed by atoms with Crippen molar-refractivity contribution in [2.24, 2.45) is 0 Å². The van der Waals surface area contributed by atoms with E-state index in [1.54, 1.807) is 6.92 Å². The van der Waals surface area contributed by atoms with Crippen LogP contribution >= 0.6 is 23.2 Å². The first-order valence-electron chi connectivity index (χ1n) is 7.29. The predicted molar refractivity (Wildman–Crippen MR) is 85.5 cm³/mol.